The molecule has 2 aliphatic rings. The van der Waals surface area contributed by atoms with Crippen molar-refractivity contribution in [3.05, 3.63) is 72.1 Å². The molecule has 0 aromatic heterocycles. The Hall–Kier alpha value is -3.60. The lowest BCUT2D eigenvalue weighted by Gasteiger charge is -2.41. The summed E-state index contributed by atoms with van der Waals surface area (Å²) in [7, 11) is 1.46. The summed E-state index contributed by atoms with van der Waals surface area (Å²) in [6, 6.07) is 11.3. The van der Waals surface area contributed by atoms with Gasteiger partial charge in [-0.1, -0.05) is 30.8 Å². The van der Waals surface area contributed by atoms with Crippen molar-refractivity contribution in [2.24, 2.45) is 10.9 Å². The maximum absolute atomic E-state index is 13.7. The Bertz CT molecular complexity index is 1190. The van der Waals surface area contributed by atoms with E-state index in [9.17, 15) is 27.5 Å². The molecule has 0 bridgehead atoms. The number of amides is 2. The smallest absolute Gasteiger partial charge is 0.484 e. The van der Waals surface area contributed by atoms with Crippen molar-refractivity contribution in [3.8, 4) is 5.75 Å². The number of likely N-dealkylation sites (tertiary alicyclic amines) is 2. The molecule has 7 nitrogen and oxygen atoms in total. The van der Waals surface area contributed by atoms with Gasteiger partial charge in [-0.25, -0.2) is 14.2 Å². The molecule has 4 rings (SSSR count). The van der Waals surface area contributed by atoms with Gasteiger partial charge in [0.1, 0.15) is 11.6 Å². The summed E-state index contributed by atoms with van der Waals surface area (Å²) in [6.07, 6.45) is -3.74. The number of ether oxygens (including phenoxy) is 2. The van der Waals surface area contributed by atoms with Crippen LogP contribution in [0.15, 0.2) is 60.1 Å². The third-order valence-electron chi connectivity index (χ3n) is 7.00. The summed E-state index contributed by atoms with van der Waals surface area (Å²) in [4.78, 5) is 21.4. The topological polar surface area (TPSA) is 74.6 Å². The van der Waals surface area contributed by atoms with Crippen molar-refractivity contribution in [2.45, 2.75) is 37.6 Å². The molecule has 2 aliphatic heterocycles. The summed E-state index contributed by atoms with van der Waals surface area (Å²) in [5.41, 5.74) is 1.52. The highest BCUT2D eigenvalue weighted by molar-refractivity contribution is 5.86. The SMILES string of the molecule is C=C(N=C(OC)C1CC(c2ccc(OC(F)(F)F)cc2)CN(C(=O)N2CCC(O)CC2)C1)c1cccc(F)c1. The van der Waals surface area contributed by atoms with Crippen molar-refractivity contribution >= 4 is 17.6 Å². The first-order chi connectivity index (χ1) is 18.5. The third-order valence-corrected chi connectivity index (χ3v) is 7.00. The van der Waals surface area contributed by atoms with Crippen molar-refractivity contribution in [1.82, 2.24) is 9.80 Å². The Morgan fingerprint density at radius 3 is 2.38 bits per heavy atom. The van der Waals surface area contributed by atoms with E-state index in [0.29, 0.717) is 62.6 Å². The number of nitrogens with zero attached hydrogens (tertiary/aromatic N) is 3. The first-order valence-corrected chi connectivity index (χ1v) is 12.7. The Morgan fingerprint density at radius 1 is 1.08 bits per heavy atom. The number of aliphatic imine (C=N–C) groups is 1. The molecule has 2 aromatic rings. The van der Waals surface area contributed by atoms with E-state index in [2.05, 4.69) is 16.3 Å². The average Bonchev–Trinajstić information content (AvgIpc) is 2.91. The molecule has 2 fully saturated rings. The van der Waals surface area contributed by atoms with Gasteiger partial charge in [-0.2, -0.15) is 0 Å². The van der Waals surface area contributed by atoms with Gasteiger partial charge in [-0.15, -0.1) is 13.2 Å². The second-order valence-electron chi connectivity index (χ2n) is 9.76. The second-order valence-corrected chi connectivity index (χ2v) is 9.76. The number of carbonyl (C=O) groups excluding carboxylic acids is 1. The molecule has 0 saturated carbocycles. The van der Waals surface area contributed by atoms with Gasteiger partial charge in [0.15, 0.2) is 5.90 Å². The zero-order valence-corrected chi connectivity index (χ0v) is 21.5. The summed E-state index contributed by atoms with van der Waals surface area (Å²) >= 11 is 0. The highest BCUT2D eigenvalue weighted by Gasteiger charge is 2.37. The van der Waals surface area contributed by atoms with Gasteiger partial charge in [0.25, 0.3) is 0 Å². The minimum atomic E-state index is -4.80. The molecule has 2 atom stereocenters. The number of halogens is 4. The van der Waals surface area contributed by atoms with Gasteiger partial charge in [-0.05, 0) is 49.1 Å². The van der Waals surface area contributed by atoms with Gasteiger partial charge >= 0.3 is 12.4 Å². The Balaban J connectivity index is 1.60. The lowest BCUT2D eigenvalue weighted by atomic mass is 9.84. The van der Waals surface area contributed by atoms with Gasteiger partial charge in [-0.3, -0.25) is 0 Å². The van der Waals surface area contributed by atoms with Crippen LogP contribution < -0.4 is 4.74 Å². The molecule has 0 aliphatic carbocycles. The number of aliphatic hydroxyl groups excluding tert-OH is 1. The molecule has 0 radical (unpaired) electrons. The number of aliphatic hydroxyl groups is 1. The number of urea groups is 1. The molecule has 11 heteroatoms. The van der Waals surface area contributed by atoms with Crippen LogP contribution in [0.5, 0.6) is 5.75 Å². The standard InChI is InChI=1S/C28H31F4N3O4/c1-18(20-4-3-5-23(29)15-20)33-26(38-2)22-14-21(19-6-8-25(9-7-19)39-28(30,31)32)16-35(17-22)27(37)34-12-10-24(36)11-13-34/h3-9,15,21-22,24,36H,1,10-14,16-17H2,2H3. The summed E-state index contributed by atoms with van der Waals surface area (Å²) in [6.45, 7) is 5.44. The number of carbonyl (C=O) groups is 1. The first kappa shape index (κ1) is 28.4. The van der Waals surface area contributed by atoms with Gasteiger partial charge in [0.2, 0.25) is 0 Å². The normalized spacial score (nSPS) is 21.0. The Labute approximate surface area is 224 Å². The van der Waals surface area contributed by atoms with E-state index in [4.69, 9.17) is 4.74 Å². The molecule has 2 unspecified atom stereocenters. The van der Waals surface area contributed by atoms with Crippen LogP contribution >= 0.6 is 0 Å². The Kier molecular flexibility index (Phi) is 8.79. The van der Waals surface area contributed by atoms with Crippen LogP contribution in [0.3, 0.4) is 0 Å². The zero-order valence-electron chi connectivity index (χ0n) is 21.5. The zero-order chi connectivity index (χ0) is 28.2. The van der Waals surface area contributed by atoms with E-state index in [-0.39, 0.29) is 23.6 Å². The lowest BCUT2D eigenvalue weighted by Crippen LogP contribution is -2.53. The maximum atomic E-state index is 13.7. The average molecular weight is 550 g/mol. The number of piperidine rings is 2. The van der Waals surface area contributed by atoms with E-state index < -0.39 is 18.3 Å². The van der Waals surface area contributed by atoms with Crippen LogP contribution in [0.1, 0.15) is 36.3 Å². The Morgan fingerprint density at radius 2 is 1.77 bits per heavy atom. The van der Waals surface area contributed by atoms with Crippen molar-refractivity contribution < 1.29 is 36.9 Å². The van der Waals surface area contributed by atoms with E-state index in [0.717, 1.165) is 5.56 Å². The molecule has 2 heterocycles. The lowest BCUT2D eigenvalue weighted by molar-refractivity contribution is -0.274. The predicted molar refractivity (Wildman–Crippen MR) is 138 cm³/mol. The van der Waals surface area contributed by atoms with Gasteiger partial charge < -0.3 is 24.4 Å². The molecule has 0 spiro atoms. The third kappa shape index (κ3) is 7.50. The summed E-state index contributed by atoms with van der Waals surface area (Å²) in [5.74, 6) is -1.03. The monoisotopic (exact) mass is 549 g/mol. The number of hydrogen-bond acceptors (Lipinski definition) is 5. The fraction of sp³-hybridized carbons (Fsp3) is 0.429. The highest BCUT2D eigenvalue weighted by atomic mass is 19.4. The molecule has 39 heavy (non-hydrogen) atoms. The minimum absolute atomic E-state index is 0.187. The fourth-order valence-corrected chi connectivity index (χ4v) is 5.04. The minimum Gasteiger partial charge on any atom is -0.484 e. The largest absolute Gasteiger partial charge is 0.573 e. The van der Waals surface area contributed by atoms with Crippen LogP contribution in [-0.4, -0.2) is 72.6 Å². The van der Waals surface area contributed by atoms with E-state index in [1.807, 2.05) is 0 Å². The number of methoxy groups -OCH3 is 1. The van der Waals surface area contributed by atoms with Crippen LogP contribution in [0.2, 0.25) is 0 Å². The molecule has 1 N–H and O–H groups in total. The molecule has 2 saturated heterocycles. The van der Waals surface area contributed by atoms with Crippen molar-refractivity contribution in [1.29, 1.82) is 0 Å². The van der Waals surface area contributed by atoms with Crippen molar-refractivity contribution in [3.63, 3.8) is 0 Å². The number of hydrogen-bond donors (Lipinski definition) is 1. The molecule has 2 amide bonds. The predicted octanol–water partition coefficient (Wildman–Crippen LogP) is 5.42. The van der Waals surface area contributed by atoms with E-state index >= 15 is 0 Å². The highest BCUT2D eigenvalue weighted by Crippen LogP contribution is 2.34. The van der Waals surface area contributed by atoms with E-state index in [1.165, 1.54) is 31.4 Å². The second kappa shape index (κ2) is 12.1. The van der Waals surface area contributed by atoms with Crippen molar-refractivity contribution in [2.75, 3.05) is 33.3 Å². The molecular weight excluding hydrogens is 518 g/mol. The number of rotatable bonds is 5. The number of benzene rings is 2. The molecule has 2 aromatic carbocycles. The quantitative estimate of drug-likeness (QED) is 0.307. The fourth-order valence-electron chi connectivity index (χ4n) is 5.04. The summed E-state index contributed by atoms with van der Waals surface area (Å²) in [5, 5.41) is 9.85. The first-order valence-electron chi connectivity index (χ1n) is 12.7. The van der Waals surface area contributed by atoms with Crippen LogP contribution in [0, 0.1) is 11.7 Å². The summed E-state index contributed by atoms with van der Waals surface area (Å²) < 4.78 is 61.2. The van der Waals surface area contributed by atoms with Gasteiger partial charge in [0, 0.05) is 37.7 Å². The van der Waals surface area contributed by atoms with Gasteiger partial charge in [0.05, 0.1) is 24.8 Å². The van der Waals surface area contributed by atoms with Crippen LogP contribution in [0.4, 0.5) is 22.4 Å². The molecular formula is C28H31F4N3O4. The van der Waals surface area contributed by atoms with Crippen LogP contribution in [-0.2, 0) is 4.74 Å². The maximum Gasteiger partial charge on any atom is 0.573 e. The van der Waals surface area contributed by atoms with E-state index in [1.54, 1.807) is 34.1 Å². The van der Waals surface area contributed by atoms with Crippen LogP contribution in [0.25, 0.3) is 5.70 Å². The number of alkyl halides is 3. The molecule has 210 valence electrons.